The van der Waals surface area contributed by atoms with E-state index in [9.17, 15) is 13.6 Å². The summed E-state index contributed by atoms with van der Waals surface area (Å²) in [5.74, 6) is -1.40. The third-order valence-corrected chi connectivity index (χ3v) is 3.91. The number of hydrogen-bond acceptors (Lipinski definition) is 2. The number of hydrogen-bond donors (Lipinski definition) is 0. The summed E-state index contributed by atoms with van der Waals surface area (Å²) >= 11 is 7.41. The maximum atomic E-state index is 13.4. The van der Waals surface area contributed by atoms with Gasteiger partial charge in [0, 0.05) is 5.56 Å². The van der Waals surface area contributed by atoms with Crippen molar-refractivity contribution < 1.29 is 8.78 Å². The van der Waals surface area contributed by atoms with Gasteiger partial charge in [-0.3, -0.25) is 9.36 Å². The van der Waals surface area contributed by atoms with Gasteiger partial charge in [0.25, 0.3) is 5.56 Å². The Morgan fingerprint density at radius 3 is 2.56 bits per heavy atom. The molecule has 0 atom stereocenters. The molecule has 0 radical (unpaired) electrons. The molecule has 2 aromatic rings. The van der Waals surface area contributed by atoms with Gasteiger partial charge in [0.15, 0.2) is 0 Å². The van der Waals surface area contributed by atoms with Crippen LogP contribution in [0.2, 0.25) is 5.15 Å². The number of nitrogens with zero attached hydrogens (tertiary/aromatic N) is 2. The summed E-state index contributed by atoms with van der Waals surface area (Å²) in [6.07, 6.45) is 1.17. The van der Waals surface area contributed by atoms with E-state index in [2.05, 4.69) is 4.98 Å². The fourth-order valence-electron chi connectivity index (χ4n) is 1.41. The van der Waals surface area contributed by atoms with Crippen LogP contribution in [0.15, 0.2) is 29.3 Å². The summed E-state index contributed by atoms with van der Waals surface area (Å²) in [6.45, 7) is -0.225. The summed E-state index contributed by atoms with van der Waals surface area (Å²) in [5, 5.41) is 0.0749. The van der Waals surface area contributed by atoms with Crippen LogP contribution in [0.25, 0.3) is 0 Å². The Morgan fingerprint density at radius 2 is 1.94 bits per heavy atom. The average molecular weight is 383 g/mol. The SMILES string of the molecule is O=c1c(I)c(Cl)ncn1Cc1c(F)cccc1F. The molecule has 94 valence electrons. The van der Waals surface area contributed by atoms with E-state index in [4.69, 9.17) is 11.6 Å². The standard InChI is InChI=1S/C11H6ClF2IN2O/c12-10-9(15)11(18)17(5-16-10)4-6-7(13)2-1-3-8(6)14/h1-3,5H,4H2. The molecule has 0 saturated carbocycles. The second-order valence-electron chi connectivity index (χ2n) is 3.48. The Kier molecular flexibility index (Phi) is 3.96. The predicted octanol–water partition coefficient (Wildman–Crippen LogP) is 2.83. The zero-order valence-electron chi connectivity index (χ0n) is 8.83. The third kappa shape index (κ3) is 2.54. The smallest absolute Gasteiger partial charge is 0.268 e. The predicted molar refractivity (Wildman–Crippen MR) is 71.7 cm³/mol. The van der Waals surface area contributed by atoms with Crippen LogP contribution < -0.4 is 5.56 Å². The first-order chi connectivity index (χ1) is 8.50. The highest BCUT2D eigenvalue weighted by Gasteiger charge is 2.12. The van der Waals surface area contributed by atoms with E-state index in [1.54, 1.807) is 22.6 Å². The van der Waals surface area contributed by atoms with Crippen LogP contribution in [0.5, 0.6) is 0 Å². The first-order valence-electron chi connectivity index (χ1n) is 4.84. The van der Waals surface area contributed by atoms with Gasteiger partial charge in [-0.1, -0.05) is 17.7 Å². The average Bonchev–Trinajstić information content (AvgIpc) is 2.34. The molecule has 18 heavy (non-hydrogen) atoms. The maximum absolute atomic E-state index is 13.4. The molecule has 3 nitrogen and oxygen atoms in total. The van der Waals surface area contributed by atoms with Crippen LogP contribution >= 0.6 is 34.2 Å². The lowest BCUT2D eigenvalue weighted by atomic mass is 10.2. The lowest BCUT2D eigenvalue weighted by molar-refractivity contribution is 0.539. The zero-order chi connectivity index (χ0) is 13.3. The van der Waals surface area contributed by atoms with Gasteiger partial charge < -0.3 is 0 Å². The number of rotatable bonds is 2. The van der Waals surface area contributed by atoms with Crippen molar-refractivity contribution in [2.45, 2.75) is 6.54 Å². The van der Waals surface area contributed by atoms with E-state index in [-0.39, 0.29) is 20.8 Å². The largest absolute Gasteiger partial charge is 0.294 e. The van der Waals surface area contributed by atoms with E-state index in [1.807, 2.05) is 0 Å². The zero-order valence-corrected chi connectivity index (χ0v) is 11.7. The molecule has 1 heterocycles. The van der Waals surface area contributed by atoms with Crippen molar-refractivity contribution in [3.05, 3.63) is 60.8 Å². The molecular formula is C11H6ClF2IN2O. The molecule has 1 aromatic carbocycles. The van der Waals surface area contributed by atoms with Crippen LogP contribution in [-0.2, 0) is 6.54 Å². The summed E-state index contributed by atoms with van der Waals surface area (Å²) in [7, 11) is 0. The molecule has 0 saturated heterocycles. The highest BCUT2D eigenvalue weighted by atomic mass is 127. The minimum atomic E-state index is -0.702. The minimum Gasteiger partial charge on any atom is -0.294 e. The maximum Gasteiger partial charge on any atom is 0.268 e. The van der Waals surface area contributed by atoms with Crippen LogP contribution in [0, 0.1) is 15.2 Å². The fraction of sp³-hybridized carbons (Fsp3) is 0.0909. The normalized spacial score (nSPS) is 10.7. The lowest BCUT2D eigenvalue weighted by Crippen LogP contribution is -2.24. The summed E-state index contributed by atoms with van der Waals surface area (Å²) in [4.78, 5) is 15.6. The molecule has 0 N–H and O–H groups in total. The molecule has 0 aliphatic rings. The van der Waals surface area contributed by atoms with Crippen molar-refractivity contribution in [3.8, 4) is 0 Å². The molecule has 1 aromatic heterocycles. The van der Waals surface area contributed by atoms with Crippen molar-refractivity contribution in [3.63, 3.8) is 0 Å². The quantitative estimate of drug-likeness (QED) is 0.591. The van der Waals surface area contributed by atoms with E-state index in [1.165, 1.54) is 12.4 Å². The second-order valence-corrected chi connectivity index (χ2v) is 4.92. The van der Waals surface area contributed by atoms with Gasteiger partial charge in [-0.2, -0.15) is 0 Å². The first-order valence-corrected chi connectivity index (χ1v) is 6.29. The molecule has 0 amide bonds. The summed E-state index contributed by atoms with van der Waals surface area (Å²) < 4.78 is 28.2. The van der Waals surface area contributed by atoms with Gasteiger partial charge in [-0.05, 0) is 34.7 Å². The highest BCUT2D eigenvalue weighted by Crippen LogP contribution is 2.14. The minimum absolute atomic E-state index is 0.0749. The van der Waals surface area contributed by atoms with Gasteiger partial charge in [-0.25, -0.2) is 13.8 Å². The van der Waals surface area contributed by atoms with Gasteiger partial charge in [-0.15, -0.1) is 0 Å². The van der Waals surface area contributed by atoms with Gasteiger partial charge in [0.05, 0.1) is 12.9 Å². The summed E-state index contributed by atoms with van der Waals surface area (Å²) in [6, 6.07) is 3.54. The van der Waals surface area contributed by atoms with Crippen molar-refractivity contribution >= 4 is 34.2 Å². The van der Waals surface area contributed by atoms with Crippen molar-refractivity contribution in [1.82, 2.24) is 9.55 Å². The number of benzene rings is 1. The number of halogens is 4. The molecule has 0 fully saturated rings. The molecule has 2 rings (SSSR count). The van der Waals surface area contributed by atoms with Crippen molar-refractivity contribution in [2.24, 2.45) is 0 Å². The molecule has 0 unspecified atom stereocenters. The van der Waals surface area contributed by atoms with E-state index in [0.29, 0.717) is 0 Å². The molecule has 0 bridgehead atoms. The lowest BCUT2D eigenvalue weighted by Gasteiger charge is -2.08. The van der Waals surface area contributed by atoms with E-state index in [0.717, 1.165) is 16.7 Å². The van der Waals surface area contributed by atoms with Crippen LogP contribution in [0.4, 0.5) is 8.78 Å². The Labute approximate surface area is 120 Å². The van der Waals surface area contributed by atoms with Crippen molar-refractivity contribution in [2.75, 3.05) is 0 Å². The molecule has 0 aliphatic carbocycles. The van der Waals surface area contributed by atoms with Gasteiger partial charge in [0.1, 0.15) is 20.4 Å². The fourth-order valence-corrected chi connectivity index (χ4v) is 1.98. The summed E-state index contributed by atoms with van der Waals surface area (Å²) in [5.41, 5.74) is -0.613. The number of aromatic nitrogens is 2. The molecular weight excluding hydrogens is 376 g/mol. The van der Waals surface area contributed by atoms with Gasteiger partial charge >= 0.3 is 0 Å². The van der Waals surface area contributed by atoms with Crippen LogP contribution in [0.1, 0.15) is 5.56 Å². The molecule has 0 aliphatic heterocycles. The Morgan fingerprint density at radius 1 is 1.33 bits per heavy atom. The first kappa shape index (κ1) is 13.4. The monoisotopic (exact) mass is 382 g/mol. The Hall–Kier alpha value is -1.02. The van der Waals surface area contributed by atoms with Gasteiger partial charge in [0.2, 0.25) is 0 Å². The van der Waals surface area contributed by atoms with E-state index < -0.39 is 17.2 Å². The van der Waals surface area contributed by atoms with E-state index >= 15 is 0 Å². The third-order valence-electron chi connectivity index (χ3n) is 2.33. The highest BCUT2D eigenvalue weighted by molar-refractivity contribution is 14.1. The molecule has 0 spiro atoms. The molecule has 7 heteroatoms. The second kappa shape index (κ2) is 5.31. The van der Waals surface area contributed by atoms with Crippen LogP contribution in [0.3, 0.4) is 0 Å². The Bertz CT molecular complexity index is 640. The topological polar surface area (TPSA) is 34.9 Å². The van der Waals surface area contributed by atoms with Crippen LogP contribution in [-0.4, -0.2) is 9.55 Å². The Balaban J connectivity index is 2.47. The van der Waals surface area contributed by atoms with Crippen molar-refractivity contribution in [1.29, 1.82) is 0 Å².